The smallest absolute Gasteiger partial charge is 0.258 e. The first-order valence-electron chi connectivity index (χ1n) is 7.91. The molecule has 0 heterocycles. The zero-order valence-corrected chi connectivity index (χ0v) is 15.2. The lowest BCUT2D eigenvalue weighted by atomic mass is 10.1. The van der Waals surface area contributed by atoms with Crippen LogP contribution in [0.2, 0.25) is 5.02 Å². The van der Waals surface area contributed by atoms with Crippen molar-refractivity contribution in [1.29, 1.82) is 0 Å². The first-order valence-corrected chi connectivity index (χ1v) is 8.29. The van der Waals surface area contributed by atoms with Gasteiger partial charge in [-0.15, -0.1) is 0 Å². The summed E-state index contributed by atoms with van der Waals surface area (Å²) in [5.41, 5.74) is 2.46. The predicted molar refractivity (Wildman–Crippen MR) is 99.0 cm³/mol. The number of hydrogen-bond acceptors (Lipinski definition) is 3. The maximum Gasteiger partial charge on any atom is 0.258 e. The molecule has 2 aromatic carbocycles. The molecule has 2 N–H and O–H groups in total. The second kappa shape index (κ2) is 8.53. The Hall–Kier alpha value is -2.53. The van der Waals surface area contributed by atoms with E-state index in [0.29, 0.717) is 16.5 Å². The van der Waals surface area contributed by atoms with Gasteiger partial charge in [-0.1, -0.05) is 23.7 Å². The van der Waals surface area contributed by atoms with Gasteiger partial charge in [0.25, 0.3) is 5.91 Å². The molecular weight excluding hydrogens is 340 g/mol. The lowest BCUT2D eigenvalue weighted by Gasteiger charge is -2.16. The molecule has 1 atom stereocenters. The molecular formula is C19H21ClN2O3. The summed E-state index contributed by atoms with van der Waals surface area (Å²) in [5, 5.41) is 6.23. The number of hydrogen-bond donors (Lipinski definition) is 2. The van der Waals surface area contributed by atoms with Crippen molar-refractivity contribution in [2.75, 3.05) is 11.9 Å². The lowest BCUT2D eigenvalue weighted by molar-refractivity contribution is -0.123. The Kier molecular flexibility index (Phi) is 6.42. The number of halogens is 1. The molecule has 0 aromatic heterocycles. The second-order valence-corrected chi connectivity index (χ2v) is 6.23. The predicted octanol–water partition coefficient (Wildman–Crippen LogP) is 3.86. The summed E-state index contributed by atoms with van der Waals surface area (Å²) in [7, 11) is 0. The third kappa shape index (κ3) is 5.80. The van der Waals surface area contributed by atoms with Gasteiger partial charge in [0.1, 0.15) is 5.75 Å². The number of anilines is 1. The zero-order chi connectivity index (χ0) is 18.4. The SMILES string of the molecule is CC(=O)Nc1cccc(C(C)NC(=O)COc2ccc(Cl)cc2C)c1. The normalized spacial score (nSPS) is 11.5. The topological polar surface area (TPSA) is 67.4 Å². The van der Waals surface area contributed by atoms with Gasteiger partial charge in [-0.25, -0.2) is 0 Å². The Balaban J connectivity index is 1.92. The fraction of sp³-hybridized carbons (Fsp3) is 0.263. The van der Waals surface area contributed by atoms with E-state index >= 15 is 0 Å². The van der Waals surface area contributed by atoms with E-state index in [0.717, 1.165) is 11.1 Å². The van der Waals surface area contributed by atoms with Gasteiger partial charge < -0.3 is 15.4 Å². The van der Waals surface area contributed by atoms with Gasteiger partial charge >= 0.3 is 0 Å². The largest absolute Gasteiger partial charge is 0.484 e. The first kappa shape index (κ1) is 18.8. The van der Waals surface area contributed by atoms with E-state index in [-0.39, 0.29) is 24.5 Å². The van der Waals surface area contributed by atoms with Gasteiger partial charge in [0.05, 0.1) is 6.04 Å². The molecule has 0 bridgehead atoms. The molecule has 5 nitrogen and oxygen atoms in total. The summed E-state index contributed by atoms with van der Waals surface area (Å²) >= 11 is 5.90. The number of ether oxygens (including phenoxy) is 1. The van der Waals surface area contributed by atoms with Crippen LogP contribution in [0.4, 0.5) is 5.69 Å². The van der Waals surface area contributed by atoms with Gasteiger partial charge in [-0.3, -0.25) is 9.59 Å². The van der Waals surface area contributed by atoms with Gasteiger partial charge in [0.2, 0.25) is 5.91 Å². The summed E-state index contributed by atoms with van der Waals surface area (Å²) in [4.78, 5) is 23.2. The van der Waals surface area contributed by atoms with E-state index in [9.17, 15) is 9.59 Å². The van der Waals surface area contributed by atoms with E-state index < -0.39 is 0 Å². The van der Waals surface area contributed by atoms with Crippen LogP contribution in [0.15, 0.2) is 42.5 Å². The molecule has 0 radical (unpaired) electrons. The first-order chi connectivity index (χ1) is 11.8. The van der Waals surface area contributed by atoms with E-state index in [4.69, 9.17) is 16.3 Å². The van der Waals surface area contributed by atoms with Gasteiger partial charge in [-0.2, -0.15) is 0 Å². The van der Waals surface area contributed by atoms with Gasteiger partial charge in [0.15, 0.2) is 6.61 Å². The minimum atomic E-state index is -0.230. The maximum absolute atomic E-state index is 12.1. The molecule has 2 aromatic rings. The molecule has 2 amide bonds. The van der Waals surface area contributed by atoms with Crippen molar-refractivity contribution in [3.63, 3.8) is 0 Å². The summed E-state index contributed by atoms with van der Waals surface area (Å²) in [6.45, 7) is 5.11. The minimum Gasteiger partial charge on any atom is -0.484 e. The second-order valence-electron chi connectivity index (χ2n) is 5.79. The summed E-state index contributed by atoms with van der Waals surface area (Å²) < 4.78 is 5.54. The van der Waals surface area contributed by atoms with Crippen LogP contribution in [0.25, 0.3) is 0 Å². The Morgan fingerprint density at radius 1 is 1.20 bits per heavy atom. The molecule has 0 spiro atoms. The Labute approximate surface area is 152 Å². The summed E-state index contributed by atoms with van der Waals surface area (Å²) in [5.74, 6) is 0.257. The monoisotopic (exact) mass is 360 g/mol. The third-order valence-electron chi connectivity index (χ3n) is 3.58. The fourth-order valence-electron chi connectivity index (χ4n) is 2.37. The summed E-state index contributed by atoms with van der Waals surface area (Å²) in [6.07, 6.45) is 0. The highest BCUT2D eigenvalue weighted by Crippen LogP contribution is 2.22. The lowest BCUT2D eigenvalue weighted by Crippen LogP contribution is -2.31. The number of benzene rings is 2. The number of rotatable bonds is 6. The number of amides is 2. The van der Waals surface area contributed by atoms with Crippen LogP contribution in [-0.4, -0.2) is 18.4 Å². The van der Waals surface area contributed by atoms with Crippen LogP contribution in [0.3, 0.4) is 0 Å². The van der Waals surface area contributed by atoms with E-state index in [1.807, 2.05) is 32.0 Å². The maximum atomic E-state index is 12.1. The Bertz CT molecular complexity index is 777. The van der Waals surface area contributed by atoms with Crippen molar-refractivity contribution in [1.82, 2.24) is 5.32 Å². The van der Waals surface area contributed by atoms with Crippen LogP contribution < -0.4 is 15.4 Å². The number of carbonyl (C=O) groups is 2. The third-order valence-corrected chi connectivity index (χ3v) is 3.82. The van der Waals surface area contributed by atoms with Crippen molar-refractivity contribution in [3.05, 3.63) is 58.6 Å². The molecule has 6 heteroatoms. The van der Waals surface area contributed by atoms with Crippen LogP contribution in [-0.2, 0) is 9.59 Å². The molecule has 0 aliphatic heterocycles. The molecule has 2 rings (SSSR count). The van der Waals surface area contributed by atoms with Crippen LogP contribution in [0.1, 0.15) is 31.0 Å². The molecule has 1 unspecified atom stereocenters. The van der Waals surface area contributed by atoms with E-state index in [1.54, 1.807) is 24.3 Å². The fourth-order valence-corrected chi connectivity index (χ4v) is 2.60. The number of carbonyl (C=O) groups excluding carboxylic acids is 2. The Morgan fingerprint density at radius 2 is 1.96 bits per heavy atom. The standard InChI is InChI=1S/C19H21ClN2O3/c1-12-9-16(20)7-8-18(12)25-11-19(24)21-13(2)15-5-4-6-17(10-15)22-14(3)23/h4-10,13H,11H2,1-3H3,(H,21,24)(H,22,23). The molecule has 0 saturated heterocycles. The highest BCUT2D eigenvalue weighted by atomic mass is 35.5. The van der Waals surface area contributed by atoms with Crippen molar-refractivity contribution in [3.8, 4) is 5.75 Å². The Morgan fingerprint density at radius 3 is 2.64 bits per heavy atom. The van der Waals surface area contributed by atoms with Crippen molar-refractivity contribution in [2.24, 2.45) is 0 Å². The quantitative estimate of drug-likeness (QED) is 0.821. The van der Waals surface area contributed by atoms with Crippen LogP contribution in [0.5, 0.6) is 5.75 Å². The molecule has 25 heavy (non-hydrogen) atoms. The van der Waals surface area contributed by atoms with Crippen molar-refractivity contribution in [2.45, 2.75) is 26.8 Å². The average molecular weight is 361 g/mol. The zero-order valence-electron chi connectivity index (χ0n) is 14.4. The minimum absolute atomic E-state index is 0.0851. The molecule has 0 aliphatic rings. The molecule has 132 valence electrons. The number of aryl methyl sites for hydroxylation is 1. The van der Waals surface area contributed by atoms with Crippen LogP contribution in [0, 0.1) is 6.92 Å². The van der Waals surface area contributed by atoms with E-state index in [2.05, 4.69) is 10.6 Å². The molecule has 0 aliphatic carbocycles. The number of nitrogens with one attached hydrogen (secondary N) is 2. The highest BCUT2D eigenvalue weighted by Gasteiger charge is 2.11. The van der Waals surface area contributed by atoms with E-state index in [1.165, 1.54) is 6.92 Å². The average Bonchev–Trinajstić information content (AvgIpc) is 2.53. The van der Waals surface area contributed by atoms with Crippen LogP contribution >= 0.6 is 11.6 Å². The van der Waals surface area contributed by atoms with Crippen molar-refractivity contribution < 1.29 is 14.3 Å². The highest BCUT2D eigenvalue weighted by molar-refractivity contribution is 6.30. The molecule has 0 saturated carbocycles. The summed E-state index contributed by atoms with van der Waals surface area (Å²) in [6, 6.07) is 12.4. The van der Waals surface area contributed by atoms with Crippen molar-refractivity contribution >= 4 is 29.1 Å². The van der Waals surface area contributed by atoms with Gasteiger partial charge in [0, 0.05) is 17.6 Å². The van der Waals surface area contributed by atoms with Gasteiger partial charge in [-0.05, 0) is 55.3 Å². The molecule has 0 fully saturated rings.